The van der Waals surface area contributed by atoms with Gasteiger partial charge in [-0.15, -0.1) is 0 Å². The highest BCUT2D eigenvalue weighted by molar-refractivity contribution is 5.72. The Morgan fingerprint density at radius 3 is 2.66 bits per heavy atom. The van der Waals surface area contributed by atoms with Gasteiger partial charge in [0.05, 0.1) is 12.2 Å². The fraction of sp³-hybridized carbons (Fsp3) is 0.346. The van der Waals surface area contributed by atoms with Crippen molar-refractivity contribution in [3.63, 3.8) is 0 Å². The van der Waals surface area contributed by atoms with Gasteiger partial charge in [-0.25, -0.2) is 14.8 Å². The van der Waals surface area contributed by atoms with Gasteiger partial charge in [-0.1, -0.05) is 37.3 Å². The normalized spacial score (nSPS) is 16.5. The largest absolute Gasteiger partial charge is 0.454 e. The van der Waals surface area contributed by atoms with Crippen LogP contribution in [0.5, 0.6) is 5.75 Å². The molecule has 1 aromatic carbocycles. The number of esters is 1. The summed E-state index contributed by atoms with van der Waals surface area (Å²) in [5, 5.41) is 0. The number of hydrogen-bond donors (Lipinski definition) is 0. The van der Waals surface area contributed by atoms with Crippen LogP contribution >= 0.6 is 0 Å². The van der Waals surface area contributed by atoms with Crippen LogP contribution in [0.1, 0.15) is 50.2 Å². The molecule has 1 aliphatic heterocycles. The van der Waals surface area contributed by atoms with E-state index in [0.717, 1.165) is 17.8 Å². The zero-order chi connectivity index (χ0) is 24.6. The Morgan fingerprint density at radius 2 is 1.91 bits per heavy atom. The van der Waals surface area contributed by atoms with Gasteiger partial charge in [0.25, 0.3) is 0 Å². The lowest BCUT2D eigenvalue weighted by Gasteiger charge is -2.41. The maximum absolute atomic E-state index is 13.1. The highest BCUT2D eigenvalue weighted by Gasteiger charge is 2.33. The summed E-state index contributed by atoms with van der Waals surface area (Å²) in [6, 6.07) is 14.9. The van der Waals surface area contributed by atoms with E-state index in [9.17, 15) is 9.59 Å². The lowest BCUT2D eigenvalue weighted by atomic mass is 10.0. The lowest BCUT2D eigenvalue weighted by molar-refractivity contribution is -0.149. The molecule has 0 radical (unpaired) electrons. The summed E-state index contributed by atoms with van der Waals surface area (Å²) in [5.41, 5.74) is 0.997. The third-order valence-corrected chi connectivity index (χ3v) is 5.75. The topological polar surface area (TPSA) is 97.8 Å². The molecule has 2 aromatic heterocycles. The Balaban J connectivity index is 1.53. The number of piperazine rings is 1. The number of carbonyl (C=O) groups excluding carboxylic acids is 2. The molecule has 9 heteroatoms. The van der Waals surface area contributed by atoms with Crippen LogP contribution in [0.25, 0.3) is 0 Å². The fourth-order valence-corrected chi connectivity index (χ4v) is 3.99. The summed E-state index contributed by atoms with van der Waals surface area (Å²) < 4.78 is 11.0. The SMILES string of the molecule is CCCC(=O)O[C@H](C)c1nccc(N2CCN(C(=O)Oc3cccnc3)[C@H](c3ccccc3)C2)n1. The second kappa shape index (κ2) is 11.4. The number of aromatic nitrogens is 3. The molecule has 1 saturated heterocycles. The van der Waals surface area contributed by atoms with Crippen LogP contribution in [0.2, 0.25) is 0 Å². The zero-order valence-corrected chi connectivity index (χ0v) is 19.9. The van der Waals surface area contributed by atoms with Crippen LogP contribution in [0, 0.1) is 0 Å². The van der Waals surface area contributed by atoms with Crippen molar-refractivity contribution < 1.29 is 19.1 Å². The molecule has 3 heterocycles. The first-order valence-corrected chi connectivity index (χ1v) is 11.8. The maximum Gasteiger partial charge on any atom is 0.415 e. The molecule has 0 saturated carbocycles. The smallest absolute Gasteiger partial charge is 0.415 e. The quantitative estimate of drug-likeness (QED) is 0.466. The van der Waals surface area contributed by atoms with Gasteiger partial charge in [-0.3, -0.25) is 14.7 Å². The number of rotatable bonds is 7. The third kappa shape index (κ3) is 6.11. The summed E-state index contributed by atoms with van der Waals surface area (Å²) in [7, 11) is 0. The Morgan fingerprint density at radius 1 is 1.09 bits per heavy atom. The number of amides is 1. The molecule has 1 fully saturated rings. The Labute approximate surface area is 204 Å². The van der Waals surface area contributed by atoms with Crippen LogP contribution in [0.3, 0.4) is 0 Å². The van der Waals surface area contributed by atoms with Gasteiger partial charge in [0, 0.05) is 38.4 Å². The van der Waals surface area contributed by atoms with Crippen LogP contribution in [-0.2, 0) is 9.53 Å². The number of benzene rings is 1. The first-order valence-electron chi connectivity index (χ1n) is 11.8. The van der Waals surface area contributed by atoms with E-state index in [1.807, 2.05) is 43.3 Å². The highest BCUT2D eigenvalue weighted by atomic mass is 16.6. The van der Waals surface area contributed by atoms with Gasteiger partial charge in [0.15, 0.2) is 17.7 Å². The summed E-state index contributed by atoms with van der Waals surface area (Å²) in [6.07, 6.45) is 4.93. The van der Waals surface area contributed by atoms with Gasteiger partial charge >= 0.3 is 12.1 Å². The standard InChI is InChI=1S/C26H29N5O4/c1-3-8-24(32)34-19(2)25-28-14-12-23(29-25)30-15-16-31(22(18-30)20-9-5-4-6-10-20)26(33)35-21-11-7-13-27-17-21/h4-7,9-14,17,19,22H,3,8,15-16,18H2,1-2H3/t19-,22+/m1/s1. The van der Waals surface area contributed by atoms with E-state index in [-0.39, 0.29) is 12.0 Å². The van der Waals surface area contributed by atoms with Crippen LogP contribution in [0.15, 0.2) is 67.1 Å². The molecule has 2 atom stereocenters. The van der Waals surface area contributed by atoms with Crippen molar-refractivity contribution in [1.82, 2.24) is 19.9 Å². The average molecular weight is 476 g/mol. The van der Waals surface area contributed by atoms with Gasteiger partial charge in [0.1, 0.15) is 5.82 Å². The average Bonchev–Trinajstić information content (AvgIpc) is 2.89. The fourth-order valence-electron chi connectivity index (χ4n) is 3.99. The van der Waals surface area contributed by atoms with Gasteiger partial charge in [-0.05, 0) is 37.1 Å². The lowest BCUT2D eigenvalue weighted by Crippen LogP contribution is -2.51. The highest BCUT2D eigenvalue weighted by Crippen LogP contribution is 2.29. The van der Waals surface area contributed by atoms with E-state index in [1.165, 1.54) is 6.20 Å². The second-order valence-corrected chi connectivity index (χ2v) is 8.28. The molecule has 35 heavy (non-hydrogen) atoms. The second-order valence-electron chi connectivity index (χ2n) is 8.28. The van der Waals surface area contributed by atoms with Crippen molar-refractivity contribution in [3.8, 4) is 5.75 Å². The van der Waals surface area contributed by atoms with E-state index in [4.69, 9.17) is 9.47 Å². The van der Waals surface area contributed by atoms with Crippen molar-refractivity contribution in [2.24, 2.45) is 0 Å². The summed E-state index contributed by atoms with van der Waals surface area (Å²) in [6.45, 7) is 5.22. The summed E-state index contributed by atoms with van der Waals surface area (Å²) >= 11 is 0. The van der Waals surface area contributed by atoms with Gasteiger partial charge in [-0.2, -0.15) is 0 Å². The van der Waals surface area contributed by atoms with Crippen LogP contribution in [0.4, 0.5) is 10.6 Å². The molecule has 182 valence electrons. The third-order valence-electron chi connectivity index (χ3n) is 5.75. The molecule has 1 aliphatic rings. The van der Waals surface area contributed by atoms with Crippen molar-refractivity contribution in [3.05, 3.63) is 78.5 Å². The monoisotopic (exact) mass is 475 g/mol. The first-order chi connectivity index (χ1) is 17.0. The Hall–Kier alpha value is -4.01. The van der Waals surface area contributed by atoms with Crippen molar-refractivity contribution in [1.29, 1.82) is 0 Å². The van der Waals surface area contributed by atoms with E-state index in [0.29, 0.717) is 37.6 Å². The van der Waals surface area contributed by atoms with Gasteiger partial charge < -0.3 is 14.4 Å². The van der Waals surface area contributed by atoms with Crippen molar-refractivity contribution in [2.45, 2.75) is 38.8 Å². The molecule has 0 N–H and O–H groups in total. The predicted octanol–water partition coefficient (Wildman–Crippen LogP) is 4.34. The predicted molar refractivity (Wildman–Crippen MR) is 130 cm³/mol. The van der Waals surface area contributed by atoms with E-state index >= 15 is 0 Å². The van der Waals surface area contributed by atoms with E-state index in [2.05, 4.69) is 19.9 Å². The Kier molecular flexibility index (Phi) is 7.87. The minimum Gasteiger partial charge on any atom is -0.454 e. The molecule has 0 spiro atoms. The zero-order valence-electron chi connectivity index (χ0n) is 19.9. The maximum atomic E-state index is 13.1. The Bertz CT molecular complexity index is 1130. The number of ether oxygens (including phenoxy) is 2. The van der Waals surface area contributed by atoms with E-state index < -0.39 is 12.2 Å². The van der Waals surface area contributed by atoms with E-state index in [1.54, 1.807) is 36.4 Å². The van der Waals surface area contributed by atoms with Gasteiger partial charge in [0.2, 0.25) is 0 Å². The minimum atomic E-state index is -0.547. The summed E-state index contributed by atoms with van der Waals surface area (Å²) in [5.74, 6) is 1.30. The number of anilines is 1. The molecule has 0 aliphatic carbocycles. The minimum absolute atomic E-state index is 0.243. The molecule has 0 unspecified atom stereocenters. The molecule has 0 bridgehead atoms. The van der Waals surface area contributed by atoms with Crippen LogP contribution < -0.4 is 9.64 Å². The number of pyridine rings is 1. The first kappa shape index (κ1) is 24.1. The number of nitrogens with zero attached hydrogens (tertiary/aromatic N) is 5. The molecular weight excluding hydrogens is 446 g/mol. The molecular formula is C26H29N5O4. The molecule has 4 rings (SSSR count). The number of carbonyl (C=O) groups is 2. The van der Waals surface area contributed by atoms with Crippen molar-refractivity contribution in [2.75, 3.05) is 24.5 Å². The molecule has 1 amide bonds. The van der Waals surface area contributed by atoms with Crippen LogP contribution in [-0.4, -0.2) is 51.5 Å². The summed E-state index contributed by atoms with van der Waals surface area (Å²) in [4.78, 5) is 41.8. The number of hydrogen-bond acceptors (Lipinski definition) is 8. The molecule has 3 aromatic rings. The molecule has 9 nitrogen and oxygen atoms in total. The van der Waals surface area contributed by atoms with Crippen molar-refractivity contribution >= 4 is 17.9 Å².